The summed E-state index contributed by atoms with van der Waals surface area (Å²) in [5.74, 6) is -0.433. The molecule has 3 N–H and O–H groups in total. The lowest BCUT2D eigenvalue weighted by Crippen LogP contribution is -2.28. The van der Waals surface area contributed by atoms with Crippen molar-refractivity contribution in [3.8, 4) is 5.75 Å². The molecule has 0 aliphatic rings. The predicted molar refractivity (Wildman–Crippen MR) is 63.0 cm³/mol. The summed E-state index contributed by atoms with van der Waals surface area (Å²) in [6, 6.07) is 4.13. The number of rotatable bonds is 6. The van der Waals surface area contributed by atoms with Gasteiger partial charge in [0.2, 0.25) is 0 Å². The number of hydrogen-bond donors (Lipinski definition) is 2. The Hall–Kier alpha value is -1.88. The first-order valence-corrected chi connectivity index (χ1v) is 5.15. The van der Waals surface area contributed by atoms with Gasteiger partial charge in [-0.05, 0) is 17.7 Å². The van der Waals surface area contributed by atoms with E-state index < -0.39 is 5.82 Å². The number of carbonyl (C=O) groups excluding carboxylic acids is 1. The first-order chi connectivity index (χ1) is 8.15. The number of benzene rings is 1. The zero-order valence-corrected chi connectivity index (χ0v) is 9.41. The number of carbonyl (C=O) groups is 1. The lowest BCUT2D eigenvalue weighted by atomic mass is 10.2. The van der Waals surface area contributed by atoms with Crippen molar-refractivity contribution in [1.82, 2.24) is 5.32 Å². The van der Waals surface area contributed by atoms with Crippen molar-refractivity contribution in [2.45, 2.75) is 6.54 Å². The van der Waals surface area contributed by atoms with Gasteiger partial charge in [0.1, 0.15) is 11.6 Å². The molecule has 1 aromatic carbocycles. The third-order valence-electron chi connectivity index (χ3n) is 1.98. The predicted octanol–water partition coefficient (Wildman–Crippen LogP) is 0.965. The summed E-state index contributed by atoms with van der Waals surface area (Å²) < 4.78 is 18.2. The highest BCUT2D eigenvalue weighted by Gasteiger charge is 2.04. The Kier molecular flexibility index (Phi) is 5.16. The molecule has 1 amide bonds. The smallest absolute Gasteiger partial charge is 0.258 e. The molecule has 92 valence electrons. The second-order valence-corrected chi connectivity index (χ2v) is 3.38. The fourth-order valence-corrected chi connectivity index (χ4v) is 1.21. The van der Waals surface area contributed by atoms with E-state index in [4.69, 9.17) is 10.5 Å². The lowest BCUT2D eigenvalue weighted by molar-refractivity contribution is -0.122. The van der Waals surface area contributed by atoms with Crippen LogP contribution in [0.3, 0.4) is 0 Å². The SMILES string of the molecule is C=CCNC(=O)COc1cc(F)cc(CN)c1. The van der Waals surface area contributed by atoms with Gasteiger partial charge >= 0.3 is 0 Å². The van der Waals surface area contributed by atoms with Gasteiger partial charge in [-0.3, -0.25) is 4.79 Å². The number of nitrogens with one attached hydrogen (secondary N) is 1. The Morgan fingerprint density at radius 3 is 2.94 bits per heavy atom. The monoisotopic (exact) mass is 238 g/mol. The van der Waals surface area contributed by atoms with E-state index in [0.29, 0.717) is 17.9 Å². The van der Waals surface area contributed by atoms with Gasteiger partial charge in [-0.15, -0.1) is 6.58 Å². The summed E-state index contributed by atoms with van der Waals surface area (Å²) in [7, 11) is 0. The minimum absolute atomic E-state index is 0.165. The number of hydrogen-bond acceptors (Lipinski definition) is 3. The van der Waals surface area contributed by atoms with Crippen molar-refractivity contribution in [2.75, 3.05) is 13.2 Å². The normalized spacial score (nSPS) is 9.76. The van der Waals surface area contributed by atoms with Crippen LogP contribution in [0.4, 0.5) is 4.39 Å². The number of amides is 1. The summed E-state index contributed by atoms with van der Waals surface area (Å²) in [5, 5.41) is 2.55. The molecular weight excluding hydrogens is 223 g/mol. The maximum Gasteiger partial charge on any atom is 0.258 e. The highest BCUT2D eigenvalue weighted by Crippen LogP contribution is 2.15. The standard InChI is InChI=1S/C12H15FN2O2/c1-2-3-15-12(16)8-17-11-5-9(7-14)4-10(13)6-11/h2,4-6H,1,3,7-8,14H2,(H,15,16). The van der Waals surface area contributed by atoms with Gasteiger partial charge in [0, 0.05) is 19.2 Å². The Balaban J connectivity index is 2.53. The second-order valence-electron chi connectivity index (χ2n) is 3.38. The van der Waals surface area contributed by atoms with Crippen LogP contribution in [0.5, 0.6) is 5.75 Å². The van der Waals surface area contributed by atoms with E-state index in [2.05, 4.69) is 11.9 Å². The molecule has 5 heteroatoms. The Labute approximate surface area is 99.3 Å². The summed E-state index contributed by atoms with van der Waals surface area (Å²) in [4.78, 5) is 11.2. The summed E-state index contributed by atoms with van der Waals surface area (Å²) in [6.07, 6.45) is 1.56. The summed E-state index contributed by atoms with van der Waals surface area (Å²) in [6.45, 7) is 3.89. The van der Waals surface area contributed by atoms with Crippen LogP contribution in [-0.2, 0) is 11.3 Å². The molecule has 0 heterocycles. The number of ether oxygens (including phenoxy) is 1. The first-order valence-electron chi connectivity index (χ1n) is 5.15. The van der Waals surface area contributed by atoms with Crippen molar-refractivity contribution in [3.63, 3.8) is 0 Å². The average molecular weight is 238 g/mol. The van der Waals surface area contributed by atoms with E-state index in [1.54, 1.807) is 12.1 Å². The molecule has 0 radical (unpaired) electrons. The molecule has 0 fully saturated rings. The summed E-state index contributed by atoms with van der Waals surface area (Å²) >= 11 is 0. The second kappa shape index (κ2) is 6.65. The maximum absolute atomic E-state index is 13.1. The molecule has 0 saturated carbocycles. The first kappa shape index (κ1) is 13.2. The van der Waals surface area contributed by atoms with E-state index in [-0.39, 0.29) is 19.1 Å². The van der Waals surface area contributed by atoms with Gasteiger partial charge in [-0.25, -0.2) is 4.39 Å². The van der Waals surface area contributed by atoms with E-state index in [1.165, 1.54) is 12.1 Å². The topological polar surface area (TPSA) is 64.3 Å². The van der Waals surface area contributed by atoms with Crippen molar-refractivity contribution in [2.24, 2.45) is 5.73 Å². The fourth-order valence-electron chi connectivity index (χ4n) is 1.21. The fraction of sp³-hybridized carbons (Fsp3) is 0.250. The molecule has 0 atom stereocenters. The van der Waals surface area contributed by atoms with Crippen LogP contribution in [0.1, 0.15) is 5.56 Å². The third kappa shape index (κ3) is 4.65. The van der Waals surface area contributed by atoms with Crippen LogP contribution in [-0.4, -0.2) is 19.1 Å². The third-order valence-corrected chi connectivity index (χ3v) is 1.98. The molecule has 0 spiro atoms. The summed E-state index contributed by atoms with van der Waals surface area (Å²) in [5.41, 5.74) is 6.01. The van der Waals surface area contributed by atoms with Crippen LogP contribution < -0.4 is 15.8 Å². The zero-order valence-electron chi connectivity index (χ0n) is 9.41. The van der Waals surface area contributed by atoms with Crippen molar-refractivity contribution in [3.05, 3.63) is 42.2 Å². The van der Waals surface area contributed by atoms with Crippen molar-refractivity contribution >= 4 is 5.91 Å². The van der Waals surface area contributed by atoms with Crippen LogP contribution in [0, 0.1) is 5.82 Å². The van der Waals surface area contributed by atoms with Crippen LogP contribution in [0.15, 0.2) is 30.9 Å². The molecular formula is C12H15FN2O2. The highest BCUT2D eigenvalue weighted by atomic mass is 19.1. The molecule has 0 bridgehead atoms. The molecule has 17 heavy (non-hydrogen) atoms. The largest absolute Gasteiger partial charge is 0.484 e. The minimum Gasteiger partial charge on any atom is -0.484 e. The van der Waals surface area contributed by atoms with Gasteiger partial charge in [-0.2, -0.15) is 0 Å². The molecule has 0 aromatic heterocycles. The molecule has 1 rings (SSSR count). The van der Waals surface area contributed by atoms with Gasteiger partial charge in [-0.1, -0.05) is 6.08 Å². The van der Waals surface area contributed by atoms with Gasteiger partial charge in [0.25, 0.3) is 5.91 Å². The molecule has 0 aliphatic heterocycles. The number of halogens is 1. The highest BCUT2D eigenvalue weighted by molar-refractivity contribution is 5.77. The van der Waals surface area contributed by atoms with Crippen molar-refractivity contribution < 1.29 is 13.9 Å². The van der Waals surface area contributed by atoms with Crippen LogP contribution in [0.25, 0.3) is 0 Å². The molecule has 0 unspecified atom stereocenters. The average Bonchev–Trinajstić information content (AvgIpc) is 2.33. The molecule has 1 aromatic rings. The Morgan fingerprint density at radius 1 is 1.53 bits per heavy atom. The van der Waals surface area contributed by atoms with Gasteiger partial charge < -0.3 is 15.8 Å². The van der Waals surface area contributed by atoms with E-state index in [0.717, 1.165) is 0 Å². The van der Waals surface area contributed by atoms with Gasteiger partial charge in [0.15, 0.2) is 6.61 Å². The zero-order chi connectivity index (χ0) is 12.7. The molecule has 0 saturated heterocycles. The van der Waals surface area contributed by atoms with E-state index in [9.17, 15) is 9.18 Å². The minimum atomic E-state index is -0.436. The van der Waals surface area contributed by atoms with Crippen molar-refractivity contribution in [1.29, 1.82) is 0 Å². The Bertz CT molecular complexity index is 407. The van der Waals surface area contributed by atoms with Crippen LogP contribution >= 0.6 is 0 Å². The van der Waals surface area contributed by atoms with E-state index >= 15 is 0 Å². The van der Waals surface area contributed by atoms with Gasteiger partial charge in [0.05, 0.1) is 0 Å². The van der Waals surface area contributed by atoms with E-state index in [1.807, 2.05) is 0 Å². The Morgan fingerprint density at radius 2 is 2.29 bits per heavy atom. The lowest BCUT2D eigenvalue weighted by Gasteiger charge is -2.07. The quantitative estimate of drug-likeness (QED) is 0.726. The molecule has 4 nitrogen and oxygen atoms in total. The molecule has 0 aliphatic carbocycles. The van der Waals surface area contributed by atoms with Crippen LogP contribution in [0.2, 0.25) is 0 Å². The maximum atomic E-state index is 13.1. The number of nitrogens with two attached hydrogens (primary N) is 1.